The highest BCUT2D eigenvalue weighted by molar-refractivity contribution is 14.0. The molecule has 0 aliphatic heterocycles. The van der Waals surface area contributed by atoms with Crippen molar-refractivity contribution in [2.24, 2.45) is 4.99 Å². The van der Waals surface area contributed by atoms with Crippen LogP contribution in [0.2, 0.25) is 0 Å². The topological polar surface area (TPSA) is 69.8 Å². The first kappa shape index (κ1) is 18.3. The van der Waals surface area contributed by atoms with Crippen LogP contribution in [0.1, 0.15) is 50.9 Å². The van der Waals surface area contributed by atoms with Crippen LogP contribution in [0.15, 0.2) is 27.8 Å². The third kappa shape index (κ3) is 6.25. The molecule has 2 rings (SSSR count). The van der Waals surface area contributed by atoms with Gasteiger partial charge in [0, 0.05) is 12.6 Å². The number of guanidine groups is 1. The highest BCUT2D eigenvalue weighted by atomic mass is 127. The van der Waals surface area contributed by atoms with Crippen LogP contribution in [0, 0.1) is 0 Å². The molecule has 1 aromatic rings. The van der Waals surface area contributed by atoms with Crippen molar-refractivity contribution in [2.45, 2.75) is 51.2 Å². The molecule has 0 bridgehead atoms. The maximum absolute atomic E-state index is 9.98. The molecule has 0 spiro atoms. The van der Waals surface area contributed by atoms with E-state index in [9.17, 15) is 5.11 Å². The zero-order valence-corrected chi connectivity index (χ0v) is 14.9. The number of aliphatic imine (C=N–C) groups is 1. The van der Waals surface area contributed by atoms with Gasteiger partial charge in [-0.1, -0.05) is 19.3 Å². The summed E-state index contributed by atoms with van der Waals surface area (Å²) in [5.74, 6) is 1.34. The molecular weight excluding hydrogens is 381 g/mol. The largest absolute Gasteiger partial charge is 0.467 e. The molecule has 6 heteroatoms. The van der Waals surface area contributed by atoms with Gasteiger partial charge in [-0.2, -0.15) is 0 Å². The second kappa shape index (κ2) is 10.0. The Morgan fingerprint density at radius 2 is 2.19 bits per heavy atom. The number of aliphatic hydroxyl groups is 1. The van der Waals surface area contributed by atoms with Crippen LogP contribution in [0.25, 0.3) is 0 Å². The summed E-state index contributed by atoms with van der Waals surface area (Å²) < 4.78 is 5.18. The number of hydrogen-bond acceptors (Lipinski definition) is 3. The maximum atomic E-state index is 9.98. The first-order chi connectivity index (χ1) is 9.79. The van der Waals surface area contributed by atoms with E-state index in [1.54, 1.807) is 18.4 Å². The Morgan fingerprint density at radius 1 is 1.43 bits per heavy atom. The Kier molecular flexibility index (Phi) is 8.75. The number of nitrogens with one attached hydrogen (secondary N) is 2. The average Bonchev–Trinajstić information content (AvgIpc) is 3.00. The minimum Gasteiger partial charge on any atom is -0.467 e. The fourth-order valence-electron chi connectivity index (χ4n) is 2.51. The van der Waals surface area contributed by atoms with Gasteiger partial charge in [-0.15, -0.1) is 24.0 Å². The van der Waals surface area contributed by atoms with Gasteiger partial charge in [0.15, 0.2) is 5.96 Å². The molecule has 1 fully saturated rings. The van der Waals surface area contributed by atoms with Crippen LogP contribution in [0.5, 0.6) is 0 Å². The van der Waals surface area contributed by atoms with E-state index in [0.29, 0.717) is 18.3 Å². The summed E-state index contributed by atoms with van der Waals surface area (Å²) in [6.45, 7) is 3.16. The molecule has 21 heavy (non-hydrogen) atoms. The number of hydrogen-bond donors (Lipinski definition) is 3. The molecule has 3 N–H and O–H groups in total. The Bertz CT molecular complexity index is 403. The Hall–Kier alpha value is -0.760. The molecule has 1 aliphatic rings. The van der Waals surface area contributed by atoms with E-state index >= 15 is 0 Å². The molecule has 120 valence electrons. The summed E-state index contributed by atoms with van der Waals surface area (Å²) in [4.78, 5) is 4.45. The molecule has 0 aromatic carbocycles. The average molecular weight is 407 g/mol. The molecule has 1 aliphatic carbocycles. The minimum absolute atomic E-state index is 0. The molecule has 0 amide bonds. The lowest BCUT2D eigenvalue weighted by Crippen LogP contribution is -2.44. The summed E-state index contributed by atoms with van der Waals surface area (Å²) in [6.07, 6.45) is 7.18. The van der Waals surface area contributed by atoms with Crippen molar-refractivity contribution >= 4 is 29.9 Å². The fourth-order valence-corrected chi connectivity index (χ4v) is 2.51. The minimum atomic E-state index is -0.688. The Labute approximate surface area is 143 Å². The van der Waals surface area contributed by atoms with Crippen molar-refractivity contribution in [1.82, 2.24) is 10.6 Å². The monoisotopic (exact) mass is 407 g/mol. The Balaban J connectivity index is 0.00000220. The van der Waals surface area contributed by atoms with E-state index in [0.717, 1.165) is 12.5 Å². The number of nitrogens with zero attached hydrogens (tertiary/aromatic N) is 1. The van der Waals surface area contributed by atoms with Crippen LogP contribution in [-0.2, 0) is 0 Å². The maximum Gasteiger partial charge on any atom is 0.191 e. The molecule has 0 saturated heterocycles. The van der Waals surface area contributed by atoms with Gasteiger partial charge in [-0.3, -0.25) is 4.99 Å². The van der Waals surface area contributed by atoms with E-state index in [4.69, 9.17) is 4.42 Å². The number of furan rings is 1. The smallest absolute Gasteiger partial charge is 0.191 e. The lowest BCUT2D eigenvalue weighted by Gasteiger charge is -2.25. The predicted octanol–water partition coefficient (Wildman–Crippen LogP) is 2.82. The van der Waals surface area contributed by atoms with Crippen molar-refractivity contribution < 1.29 is 9.52 Å². The van der Waals surface area contributed by atoms with Gasteiger partial charge >= 0.3 is 0 Å². The second-order valence-electron chi connectivity index (χ2n) is 5.23. The standard InChI is InChI=1S/C15H25N3O2.HI/c1-2-16-15(18-12-7-4-3-5-8-12)17-11-13(19)14-9-6-10-20-14;/h6,9-10,12-13,19H,2-5,7-8,11H2,1H3,(H2,16,17,18);1H. The molecule has 5 nitrogen and oxygen atoms in total. The molecule has 1 unspecified atom stereocenters. The van der Waals surface area contributed by atoms with E-state index in [-0.39, 0.29) is 24.0 Å². The molecule has 0 radical (unpaired) electrons. The highest BCUT2D eigenvalue weighted by Crippen LogP contribution is 2.17. The second-order valence-corrected chi connectivity index (χ2v) is 5.23. The third-order valence-electron chi connectivity index (χ3n) is 3.58. The van der Waals surface area contributed by atoms with Gasteiger partial charge in [-0.25, -0.2) is 0 Å². The Morgan fingerprint density at radius 3 is 2.81 bits per heavy atom. The van der Waals surface area contributed by atoms with Gasteiger partial charge < -0.3 is 20.2 Å². The molecule has 1 heterocycles. The molecule has 1 atom stereocenters. The quantitative estimate of drug-likeness (QED) is 0.399. The van der Waals surface area contributed by atoms with Gasteiger partial charge in [0.2, 0.25) is 0 Å². The first-order valence-electron chi connectivity index (χ1n) is 7.56. The van der Waals surface area contributed by atoms with E-state index in [1.807, 2.05) is 6.92 Å². The van der Waals surface area contributed by atoms with Gasteiger partial charge in [0.1, 0.15) is 11.9 Å². The lowest BCUT2D eigenvalue weighted by atomic mass is 9.96. The fraction of sp³-hybridized carbons (Fsp3) is 0.667. The SMILES string of the molecule is CCNC(=NCC(O)c1ccco1)NC1CCCCC1.I. The summed E-state index contributed by atoms with van der Waals surface area (Å²) in [5.41, 5.74) is 0. The van der Waals surface area contributed by atoms with E-state index in [1.165, 1.54) is 32.1 Å². The van der Waals surface area contributed by atoms with Crippen molar-refractivity contribution in [3.05, 3.63) is 24.2 Å². The predicted molar refractivity (Wildman–Crippen MR) is 95.1 cm³/mol. The number of halogens is 1. The zero-order chi connectivity index (χ0) is 14.2. The third-order valence-corrected chi connectivity index (χ3v) is 3.58. The highest BCUT2D eigenvalue weighted by Gasteiger charge is 2.15. The van der Waals surface area contributed by atoms with Crippen LogP contribution in [-0.4, -0.2) is 30.2 Å². The van der Waals surface area contributed by atoms with Crippen molar-refractivity contribution in [1.29, 1.82) is 0 Å². The van der Waals surface area contributed by atoms with Gasteiger partial charge in [0.25, 0.3) is 0 Å². The van der Waals surface area contributed by atoms with E-state index < -0.39 is 6.10 Å². The van der Waals surface area contributed by atoms with Crippen LogP contribution in [0.4, 0.5) is 0 Å². The zero-order valence-electron chi connectivity index (χ0n) is 12.5. The van der Waals surface area contributed by atoms with Crippen molar-refractivity contribution in [3.8, 4) is 0 Å². The normalized spacial score (nSPS) is 17.9. The number of aliphatic hydroxyl groups excluding tert-OH is 1. The molecular formula is C15H26IN3O2. The summed E-state index contributed by atoms with van der Waals surface area (Å²) in [6, 6.07) is 4.04. The summed E-state index contributed by atoms with van der Waals surface area (Å²) in [5, 5.41) is 16.7. The summed E-state index contributed by atoms with van der Waals surface area (Å²) >= 11 is 0. The van der Waals surface area contributed by atoms with Gasteiger partial charge in [0.05, 0.1) is 12.8 Å². The molecule has 1 aromatic heterocycles. The van der Waals surface area contributed by atoms with E-state index in [2.05, 4.69) is 15.6 Å². The lowest BCUT2D eigenvalue weighted by molar-refractivity contribution is 0.158. The van der Waals surface area contributed by atoms with Crippen LogP contribution >= 0.6 is 24.0 Å². The van der Waals surface area contributed by atoms with Crippen LogP contribution in [0.3, 0.4) is 0 Å². The number of rotatable bonds is 5. The molecule has 1 saturated carbocycles. The van der Waals surface area contributed by atoms with Crippen LogP contribution < -0.4 is 10.6 Å². The van der Waals surface area contributed by atoms with Crippen molar-refractivity contribution in [3.63, 3.8) is 0 Å². The summed E-state index contributed by atoms with van der Waals surface area (Å²) in [7, 11) is 0. The van der Waals surface area contributed by atoms with Gasteiger partial charge in [-0.05, 0) is 31.9 Å². The first-order valence-corrected chi connectivity index (χ1v) is 7.56. The van der Waals surface area contributed by atoms with Crippen molar-refractivity contribution in [2.75, 3.05) is 13.1 Å².